The van der Waals surface area contributed by atoms with Crippen LogP contribution in [-0.2, 0) is 41.2 Å². The van der Waals surface area contributed by atoms with Crippen LogP contribution in [0.5, 0.6) is 0 Å². The molecule has 0 bridgehead atoms. The topological polar surface area (TPSA) is 261 Å². The Balaban J connectivity index is 0.000000247. The van der Waals surface area contributed by atoms with Crippen LogP contribution in [0.4, 0.5) is 0 Å². The molecule has 2 saturated heterocycles. The molecule has 0 radical (unpaired) electrons. The minimum Gasteiger partial charge on any atom is -0.775 e. The number of rotatable bonds is 6. The molecule has 6 atom stereocenters. The quantitative estimate of drug-likeness (QED) is 0.279. The average molecular weight is 554 g/mol. The summed E-state index contributed by atoms with van der Waals surface area (Å²) in [6.45, 7) is 1.99. The lowest BCUT2D eigenvalue weighted by molar-refractivity contribution is -0.216. The Hall–Kier alpha value is -2.59. The van der Waals surface area contributed by atoms with Crippen molar-refractivity contribution in [1.82, 2.24) is 25.3 Å². The maximum absolute atomic E-state index is 11.4. The number of nitrogens with zero attached hydrogens (tertiary/aromatic N) is 2. The molecule has 19 heteroatoms. The maximum Gasteiger partial charge on any atom is 0.398 e. The van der Waals surface area contributed by atoms with Crippen molar-refractivity contribution in [3.05, 3.63) is 66.2 Å². The molecule has 0 saturated carbocycles. The van der Waals surface area contributed by atoms with Crippen LogP contribution in [0.25, 0.3) is 0 Å². The molecule has 0 aliphatic carbocycles. The number of quaternary nitrogens is 1. The van der Waals surface area contributed by atoms with Gasteiger partial charge in [0.2, 0.25) is 6.03 Å². The molecule has 0 spiro atoms. The molecular formula is C17H26N5O12P2+. The number of nitrogens with one attached hydrogen (secondary N) is 2. The summed E-state index contributed by atoms with van der Waals surface area (Å²) in [5.41, 5.74) is -2.10. The van der Waals surface area contributed by atoms with Crippen molar-refractivity contribution >= 4 is 15.4 Å². The van der Waals surface area contributed by atoms with Crippen molar-refractivity contribution in [2.45, 2.75) is 37.4 Å². The van der Waals surface area contributed by atoms with Crippen LogP contribution in [-0.4, -0.2) is 68.1 Å². The summed E-state index contributed by atoms with van der Waals surface area (Å²) in [5, 5.41) is 0. The van der Waals surface area contributed by atoms with Crippen LogP contribution in [0.15, 0.2) is 43.7 Å². The molecule has 2 aromatic rings. The Morgan fingerprint density at radius 1 is 1.00 bits per heavy atom. The van der Waals surface area contributed by atoms with Crippen molar-refractivity contribution in [3.63, 3.8) is 0 Å². The summed E-state index contributed by atoms with van der Waals surface area (Å²) in [7, 11) is -6.27. The zero-order chi connectivity index (χ0) is 25.8. The van der Waals surface area contributed by atoms with Crippen LogP contribution >= 0.6 is 15.4 Å². The Labute approximate surface area is 202 Å². The van der Waals surface area contributed by atoms with Gasteiger partial charge >= 0.3 is 25.2 Å². The highest BCUT2D eigenvalue weighted by molar-refractivity contribution is 7.50. The lowest BCUT2D eigenvalue weighted by Gasteiger charge is -2.21. The monoisotopic (exact) mass is 554 g/mol. The molecule has 4 heterocycles. The number of hydrogen-bond acceptors (Lipinski definition) is 11. The van der Waals surface area contributed by atoms with Gasteiger partial charge in [-0.3, -0.25) is 28.7 Å². The van der Waals surface area contributed by atoms with Crippen molar-refractivity contribution in [2.75, 3.05) is 19.9 Å². The van der Waals surface area contributed by atoms with Crippen molar-refractivity contribution in [2.24, 2.45) is 0 Å². The first-order valence-corrected chi connectivity index (χ1v) is 13.4. The standard InChI is InChI=1S/C9H11N2O5P.C8H11N2O7P.H3N/c1-17(14)9-15-5-6(16-9)4-11-3-2-7(12)10-8(11)13;11-6-1-2-10(7(12)9-6)3-5-4-16-8(17-5)18(13,14)15;/h2-3,6,9H,4-5H2,1H3;1-2,5,8H,3-4H2,(H,9,11,12)(H2,13,14,15);1H3/p+1. The van der Waals surface area contributed by atoms with Gasteiger partial charge in [0.15, 0.2) is 7.60 Å². The van der Waals surface area contributed by atoms with E-state index in [-0.39, 0.29) is 38.6 Å². The number of hydrogen-bond donors (Lipinski definition) is 4. The summed E-state index contributed by atoms with van der Waals surface area (Å²) in [6, 6.07) is 0.00300. The predicted octanol–water partition coefficient (Wildman–Crippen LogP) is -2.15. The molecule has 36 heavy (non-hydrogen) atoms. The molecule has 2 aliphatic rings. The van der Waals surface area contributed by atoms with E-state index in [1.807, 2.05) is 4.98 Å². The second-order valence-corrected chi connectivity index (χ2v) is 10.5. The van der Waals surface area contributed by atoms with Crippen molar-refractivity contribution in [1.29, 1.82) is 0 Å². The Kier molecular flexibility index (Phi) is 10.4. The van der Waals surface area contributed by atoms with E-state index in [1.165, 1.54) is 29.7 Å². The fourth-order valence-corrected chi connectivity index (χ4v) is 4.27. The lowest BCUT2D eigenvalue weighted by Crippen LogP contribution is -2.33. The fourth-order valence-electron chi connectivity index (χ4n) is 3.03. The highest BCUT2D eigenvalue weighted by Gasteiger charge is 2.37. The Morgan fingerprint density at radius 3 is 1.86 bits per heavy atom. The number of aromatic nitrogens is 4. The molecular weight excluding hydrogens is 528 g/mol. The zero-order valence-electron chi connectivity index (χ0n) is 19.2. The SMILES string of the molecule is C[P+](=O)C1OCC(Cn2ccc(=O)[nH]c2=O)O1.O=c1ccn(CC2COC(P(=O)([O-])O)O2)c(=O)[nH]1.[NH4+]. The van der Waals surface area contributed by atoms with Gasteiger partial charge in [0, 0.05) is 24.5 Å². The van der Waals surface area contributed by atoms with Gasteiger partial charge in [-0.05, 0) is 0 Å². The van der Waals surface area contributed by atoms with E-state index in [1.54, 1.807) is 0 Å². The van der Waals surface area contributed by atoms with Crippen LogP contribution in [0.1, 0.15) is 0 Å². The lowest BCUT2D eigenvalue weighted by atomic mass is 10.4. The molecule has 2 aliphatic heterocycles. The molecule has 17 nitrogen and oxygen atoms in total. The normalized spacial score (nSPS) is 25.2. The molecule has 200 valence electrons. The van der Waals surface area contributed by atoms with Crippen molar-refractivity contribution < 1.29 is 37.9 Å². The summed E-state index contributed by atoms with van der Waals surface area (Å²) in [5.74, 6) is 0. The highest BCUT2D eigenvalue weighted by Crippen LogP contribution is 2.41. The third-order valence-corrected chi connectivity index (χ3v) is 6.29. The molecule has 0 aromatic carbocycles. The van der Waals surface area contributed by atoms with E-state index in [9.17, 15) is 33.2 Å². The zero-order valence-corrected chi connectivity index (χ0v) is 21.0. The third-order valence-electron chi connectivity index (χ3n) is 4.62. The smallest absolute Gasteiger partial charge is 0.398 e. The molecule has 4 rings (SSSR count). The second kappa shape index (κ2) is 12.6. The average Bonchev–Trinajstić information content (AvgIpc) is 3.42. The van der Waals surface area contributed by atoms with Gasteiger partial charge in [-0.2, -0.15) is 0 Å². The van der Waals surface area contributed by atoms with Crippen LogP contribution in [0.2, 0.25) is 0 Å². The van der Waals surface area contributed by atoms with E-state index < -0.39 is 56.1 Å². The van der Waals surface area contributed by atoms with Gasteiger partial charge in [0.05, 0.1) is 26.3 Å². The first kappa shape index (κ1) is 29.6. The van der Waals surface area contributed by atoms with E-state index >= 15 is 0 Å². The first-order valence-electron chi connectivity index (χ1n) is 9.99. The summed E-state index contributed by atoms with van der Waals surface area (Å²) >= 11 is 0. The molecule has 0 amide bonds. The van der Waals surface area contributed by atoms with Gasteiger partial charge in [-0.25, -0.2) is 9.59 Å². The number of ether oxygens (including phenoxy) is 4. The predicted molar refractivity (Wildman–Crippen MR) is 121 cm³/mol. The van der Waals surface area contributed by atoms with Crippen molar-refractivity contribution in [3.8, 4) is 0 Å². The minimum atomic E-state index is -4.71. The first-order chi connectivity index (χ1) is 16.4. The fraction of sp³-hybridized carbons (Fsp3) is 0.529. The Morgan fingerprint density at radius 2 is 1.47 bits per heavy atom. The van der Waals surface area contributed by atoms with Crippen LogP contribution in [0.3, 0.4) is 0 Å². The Bertz CT molecular complexity index is 1330. The summed E-state index contributed by atoms with van der Waals surface area (Å²) in [6.07, 6.45) is 1.62. The van der Waals surface area contributed by atoms with E-state index in [0.717, 1.165) is 10.6 Å². The highest BCUT2D eigenvalue weighted by atomic mass is 31.2. The van der Waals surface area contributed by atoms with Crippen LogP contribution < -0.4 is 33.5 Å². The number of aromatic amines is 2. The van der Waals surface area contributed by atoms with Crippen LogP contribution in [0, 0.1) is 0 Å². The van der Waals surface area contributed by atoms with Gasteiger partial charge in [0.1, 0.15) is 18.9 Å². The third kappa shape index (κ3) is 8.23. The molecule has 2 fully saturated rings. The molecule has 2 aromatic heterocycles. The number of H-pyrrole nitrogens is 2. The minimum absolute atomic E-state index is 0. The molecule has 6 unspecified atom stereocenters. The molecule has 7 N–H and O–H groups in total. The summed E-state index contributed by atoms with van der Waals surface area (Å²) in [4.78, 5) is 68.1. The summed E-state index contributed by atoms with van der Waals surface area (Å²) < 4.78 is 44.5. The van der Waals surface area contributed by atoms with Gasteiger partial charge in [-0.15, -0.1) is 0 Å². The van der Waals surface area contributed by atoms with E-state index in [4.69, 9.17) is 23.8 Å². The van der Waals surface area contributed by atoms with Gasteiger partial charge in [0.25, 0.3) is 11.1 Å². The van der Waals surface area contributed by atoms with Gasteiger partial charge in [-0.1, -0.05) is 4.57 Å². The maximum atomic E-state index is 11.4. The largest absolute Gasteiger partial charge is 0.775 e. The van der Waals surface area contributed by atoms with Gasteiger partial charge < -0.3 is 39.4 Å². The second-order valence-electron chi connectivity index (χ2n) is 7.43. The van der Waals surface area contributed by atoms with E-state index in [2.05, 4.69) is 4.98 Å². The van der Waals surface area contributed by atoms with E-state index in [0.29, 0.717) is 0 Å².